The van der Waals surface area contributed by atoms with Crippen LogP contribution in [0.4, 0.5) is 0 Å². The molecule has 1 fully saturated rings. The van der Waals surface area contributed by atoms with Crippen molar-refractivity contribution in [3.63, 3.8) is 0 Å². The summed E-state index contributed by atoms with van der Waals surface area (Å²) in [7, 11) is -15.5. The van der Waals surface area contributed by atoms with Crippen molar-refractivity contribution in [2.75, 3.05) is 6.61 Å². The van der Waals surface area contributed by atoms with Gasteiger partial charge in [0.25, 0.3) is 5.56 Å². The van der Waals surface area contributed by atoms with Crippen molar-refractivity contribution in [2.24, 2.45) is 7.05 Å². The van der Waals surface area contributed by atoms with Crippen LogP contribution in [-0.4, -0.2) is 93.8 Å². The standard InChI is InChI=1S/C10H17N2O15P3.Na/c1-12-2-4(9(15)11-10(12)16)8-7(14)6(13)5(25-8)3-24-29(20,21)27-30(22,23)26-28(17,18)19;/h2,5-8,13-14H,3H2,1H3,(H,20,21)(H,22,23)(H,11,15,16)(H2,17,18,19);/t5-,6-,7-,8+;/m1./s1. The van der Waals surface area contributed by atoms with E-state index in [1.165, 1.54) is 7.05 Å². The molecule has 173 valence electrons. The summed E-state index contributed by atoms with van der Waals surface area (Å²) in [6.07, 6.45) is -5.53. The number of nitrogens with one attached hydrogen (secondary N) is 1. The molecule has 0 amide bonds. The maximum absolute atomic E-state index is 11.9. The van der Waals surface area contributed by atoms with Gasteiger partial charge in [0, 0.05) is 42.8 Å². The van der Waals surface area contributed by atoms with Gasteiger partial charge in [0.1, 0.15) is 24.4 Å². The molecule has 0 aliphatic carbocycles. The molecular weight excluding hydrogens is 504 g/mol. The van der Waals surface area contributed by atoms with Gasteiger partial charge in [-0.25, -0.2) is 18.5 Å². The van der Waals surface area contributed by atoms with E-state index >= 15 is 0 Å². The summed E-state index contributed by atoms with van der Waals surface area (Å²) >= 11 is 0. The summed E-state index contributed by atoms with van der Waals surface area (Å²) in [6.45, 7) is -1.04. The van der Waals surface area contributed by atoms with E-state index in [9.17, 15) is 38.4 Å². The summed E-state index contributed by atoms with van der Waals surface area (Å²) in [5.41, 5.74) is -1.95. The maximum Gasteiger partial charge on any atom is 0.490 e. The Kier molecular flexibility index (Phi) is 9.81. The first-order valence-electron chi connectivity index (χ1n) is 7.61. The molecule has 6 atom stereocenters. The van der Waals surface area contributed by atoms with Gasteiger partial charge in [-0.2, -0.15) is 8.62 Å². The summed E-state index contributed by atoms with van der Waals surface area (Å²) in [6, 6.07) is 0. The van der Waals surface area contributed by atoms with Crippen LogP contribution in [-0.2, 0) is 38.6 Å². The van der Waals surface area contributed by atoms with E-state index in [1.807, 2.05) is 4.98 Å². The Morgan fingerprint density at radius 3 is 2.19 bits per heavy atom. The molecule has 1 aromatic heterocycles. The van der Waals surface area contributed by atoms with Gasteiger partial charge in [-0.1, -0.05) is 0 Å². The number of aromatic amines is 1. The third kappa shape index (κ3) is 8.05. The van der Waals surface area contributed by atoms with Gasteiger partial charge in [-0.15, -0.1) is 0 Å². The number of rotatable bonds is 8. The van der Waals surface area contributed by atoms with Gasteiger partial charge in [0.05, 0.1) is 12.2 Å². The number of aryl methyl sites for hydroxylation is 1. The summed E-state index contributed by atoms with van der Waals surface area (Å²) < 4.78 is 51.1. The molecule has 17 nitrogen and oxygen atoms in total. The van der Waals surface area contributed by atoms with Crippen LogP contribution in [0, 0.1) is 0 Å². The molecule has 7 N–H and O–H groups in total. The monoisotopic (exact) mass is 521 g/mol. The van der Waals surface area contributed by atoms with Crippen molar-refractivity contribution < 1.29 is 61.4 Å². The first kappa shape index (κ1) is 29.0. The zero-order valence-corrected chi connectivity index (χ0v) is 20.4. The summed E-state index contributed by atoms with van der Waals surface area (Å²) in [5, 5.41) is 20.1. The van der Waals surface area contributed by atoms with Gasteiger partial charge >= 0.3 is 29.2 Å². The fraction of sp³-hybridized carbons (Fsp3) is 0.600. The summed E-state index contributed by atoms with van der Waals surface area (Å²) in [4.78, 5) is 60.6. The largest absolute Gasteiger partial charge is 0.490 e. The predicted molar refractivity (Wildman–Crippen MR) is 97.5 cm³/mol. The van der Waals surface area contributed by atoms with Crippen LogP contribution in [0.1, 0.15) is 11.7 Å². The fourth-order valence-corrected chi connectivity index (χ4v) is 5.43. The molecule has 1 aromatic rings. The minimum atomic E-state index is -5.73. The summed E-state index contributed by atoms with van der Waals surface area (Å²) in [5.74, 6) is 0. The average Bonchev–Trinajstić information content (AvgIpc) is 2.81. The minimum absolute atomic E-state index is 0. The van der Waals surface area contributed by atoms with E-state index in [1.54, 1.807) is 0 Å². The molecule has 0 spiro atoms. The molecule has 1 radical (unpaired) electrons. The van der Waals surface area contributed by atoms with Crippen LogP contribution in [0.2, 0.25) is 0 Å². The molecule has 31 heavy (non-hydrogen) atoms. The molecular formula is C10H17N2NaO15P3. The van der Waals surface area contributed by atoms with Crippen molar-refractivity contribution >= 4 is 53.0 Å². The topological polar surface area (TPSA) is 264 Å². The third-order valence-electron chi connectivity index (χ3n) is 3.62. The second-order valence-electron chi connectivity index (χ2n) is 5.92. The van der Waals surface area contributed by atoms with Crippen LogP contribution in [0.5, 0.6) is 0 Å². The Hall–Kier alpha value is -0.0300. The van der Waals surface area contributed by atoms with E-state index < -0.39 is 65.7 Å². The van der Waals surface area contributed by atoms with E-state index in [0.717, 1.165) is 10.8 Å². The zero-order valence-electron chi connectivity index (χ0n) is 15.7. The fourth-order valence-electron chi connectivity index (χ4n) is 2.40. The van der Waals surface area contributed by atoms with Crippen molar-refractivity contribution in [2.45, 2.75) is 24.4 Å². The smallest absolute Gasteiger partial charge is 0.387 e. The van der Waals surface area contributed by atoms with Crippen molar-refractivity contribution in [1.29, 1.82) is 0 Å². The van der Waals surface area contributed by atoms with Gasteiger partial charge < -0.3 is 39.1 Å². The van der Waals surface area contributed by atoms with Gasteiger partial charge in [-0.3, -0.25) is 14.3 Å². The molecule has 0 bridgehead atoms. The molecule has 2 unspecified atom stereocenters. The molecule has 0 saturated carbocycles. The Morgan fingerprint density at radius 2 is 1.65 bits per heavy atom. The first-order chi connectivity index (χ1) is 13.5. The van der Waals surface area contributed by atoms with E-state index in [0.29, 0.717) is 0 Å². The third-order valence-corrected chi connectivity index (χ3v) is 7.43. The van der Waals surface area contributed by atoms with Crippen LogP contribution in [0.3, 0.4) is 0 Å². The molecule has 1 aliphatic heterocycles. The number of aromatic nitrogens is 2. The minimum Gasteiger partial charge on any atom is -0.387 e. The number of ether oxygens (including phenoxy) is 1. The number of nitrogens with zero attached hydrogens (tertiary/aromatic N) is 1. The van der Waals surface area contributed by atoms with Crippen molar-refractivity contribution in [1.82, 2.24) is 9.55 Å². The molecule has 2 rings (SSSR count). The molecule has 0 aromatic carbocycles. The SMILES string of the molecule is Cn1cc([C@@H]2O[C@H](COP(=O)(O)OP(=O)(O)OP(=O)(O)O)[C@@H](O)[C@H]2O)c(=O)[nH]c1=O.[Na]. The average molecular weight is 521 g/mol. The maximum atomic E-state index is 11.9. The molecule has 2 heterocycles. The van der Waals surface area contributed by atoms with Gasteiger partial charge in [-0.05, 0) is 0 Å². The number of aliphatic hydroxyl groups excluding tert-OH is 2. The Morgan fingerprint density at radius 1 is 1.06 bits per heavy atom. The normalized spacial score (nSPS) is 27.8. The number of hydrogen-bond acceptors (Lipinski definition) is 11. The van der Waals surface area contributed by atoms with Crippen LogP contribution in [0.15, 0.2) is 15.8 Å². The van der Waals surface area contributed by atoms with E-state index in [2.05, 4.69) is 13.1 Å². The molecule has 1 saturated heterocycles. The number of phosphoric acid groups is 3. The Bertz CT molecular complexity index is 1050. The van der Waals surface area contributed by atoms with Crippen LogP contribution >= 0.6 is 23.5 Å². The number of H-pyrrole nitrogens is 1. The second-order valence-corrected chi connectivity index (χ2v) is 10.3. The Balaban J connectivity index is 0.00000480. The number of hydrogen-bond donors (Lipinski definition) is 7. The predicted octanol–water partition coefficient (Wildman–Crippen LogP) is -2.80. The van der Waals surface area contributed by atoms with E-state index in [-0.39, 0.29) is 35.1 Å². The first-order valence-corrected chi connectivity index (χ1v) is 12.1. The number of aliphatic hydroxyl groups is 2. The van der Waals surface area contributed by atoms with Crippen LogP contribution < -0.4 is 11.2 Å². The van der Waals surface area contributed by atoms with Crippen molar-refractivity contribution in [3.8, 4) is 0 Å². The second kappa shape index (κ2) is 10.5. The Labute approximate surface area is 194 Å². The molecule has 1 aliphatic rings. The van der Waals surface area contributed by atoms with Crippen molar-refractivity contribution in [3.05, 3.63) is 32.6 Å². The van der Waals surface area contributed by atoms with E-state index in [4.69, 9.17) is 19.4 Å². The number of phosphoric ester groups is 1. The van der Waals surface area contributed by atoms with Gasteiger partial charge in [0.15, 0.2) is 0 Å². The van der Waals surface area contributed by atoms with Gasteiger partial charge in [0.2, 0.25) is 0 Å². The quantitative estimate of drug-likeness (QED) is 0.135. The van der Waals surface area contributed by atoms with Crippen LogP contribution in [0.25, 0.3) is 0 Å². The molecule has 21 heteroatoms. The zero-order chi connectivity index (χ0) is 23.1.